The molecule has 0 saturated heterocycles. The van der Waals surface area contributed by atoms with Crippen molar-refractivity contribution in [2.75, 3.05) is 0 Å². The summed E-state index contributed by atoms with van der Waals surface area (Å²) in [6.45, 7) is 1.93. The number of nitrogens with zero attached hydrogens (tertiary/aromatic N) is 1. The van der Waals surface area contributed by atoms with E-state index < -0.39 is 5.54 Å². The van der Waals surface area contributed by atoms with Crippen LogP contribution in [-0.2, 0) is 5.54 Å². The summed E-state index contributed by atoms with van der Waals surface area (Å²) < 4.78 is 0. The van der Waals surface area contributed by atoms with E-state index in [0.29, 0.717) is 5.02 Å². The van der Waals surface area contributed by atoms with E-state index in [-0.39, 0.29) is 0 Å². The van der Waals surface area contributed by atoms with E-state index >= 15 is 0 Å². The smallest absolute Gasteiger partial charge is 0.0548 e. The van der Waals surface area contributed by atoms with Gasteiger partial charge in [0.1, 0.15) is 0 Å². The minimum atomic E-state index is -0.454. The fourth-order valence-corrected chi connectivity index (χ4v) is 1.81. The first kappa shape index (κ1) is 9.56. The summed E-state index contributed by atoms with van der Waals surface area (Å²) in [5.41, 5.74) is 0.548. The summed E-state index contributed by atoms with van der Waals surface area (Å²) in [6, 6.07) is 7.43. The molecule has 0 bridgehead atoms. The molecule has 1 aliphatic rings. The molecule has 2 rings (SSSR count). The van der Waals surface area contributed by atoms with E-state index in [2.05, 4.69) is 0 Å². The molecule has 1 aromatic rings. The van der Waals surface area contributed by atoms with Crippen LogP contribution in [0.1, 0.15) is 18.9 Å². The van der Waals surface area contributed by atoms with Crippen LogP contribution in [0.2, 0.25) is 5.02 Å². The van der Waals surface area contributed by atoms with Crippen LogP contribution in [0.5, 0.6) is 0 Å². The number of hydrogen-bond acceptors (Lipinski definition) is 2. The Bertz CT molecular complexity index is 360. The van der Waals surface area contributed by atoms with E-state index in [0.717, 1.165) is 17.0 Å². The van der Waals surface area contributed by atoms with Gasteiger partial charge in [0.25, 0.3) is 0 Å². The molecule has 0 fully saturated rings. The minimum absolute atomic E-state index is 0.454. The fraction of sp³-hybridized carbons (Fsp3) is 0.273. The van der Waals surface area contributed by atoms with Gasteiger partial charge < -0.3 is 10.3 Å². The molecule has 0 N–H and O–H groups in total. The van der Waals surface area contributed by atoms with E-state index in [1.165, 1.54) is 0 Å². The van der Waals surface area contributed by atoms with Gasteiger partial charge in [0.2, 0.25) is 0 Å². The molecule has 74 valence electrons. The Hall–Kier alpha value is -0.990. The van der Waals surface area contributed by atoms with Crippen molar-refractivity contribution in [2.24, 2.45) is 0 Å². The van der Waals surface area contributed by atoms with Crippen LogP contribution < -0.4 is 0 Å². The standard InChI is InChI=1S/C11H11ClNO/c1-11(7-2-8-13(11)14)9-3-5-10(12)6-4-9/h2-6,8H,7H2,1H3/q-1. The van der Waals surface area contributed by atoms with E-state index in [1.54, 1.807) is 6.20 Å². The Morgan fingerprint density at radius 1 is 1.36 bits per heavy atom. The zero-order valence-electron chi connectivity index (χ0n) is 7.90. The summed E-state index contributed by atoms with van der Waals surface area (Å²) in [6.07, 6.45) is 4.22. The molecule has 1 atom stereocenters. The third kappa shape index (κ3) is 1.41. The van der Waals surface area contributed by atoms with Crippen LogP contribution in [-0.4, -0.2) is 5.06 Å². The lowest BCUT2D eigenvalue weighted by Gasteiger charge is -2.42. The minimum Gasteiger partial charge on any atom is -0.758 e. The largest absolute Gasteiger partial charge is 0.758 e. The van der Waals surface area contributed by atoms with Crippen LogP contribution in [0.15, 0.2) is 36.5 Å². The highest BCUT2D eigenvalue weighted by molar-refractivity contribution is 6.30. The van der Waals surface area contributed by atoms with Crippen molar-refractivity contribution < 1.29 is 0 Å². The molecule has 0 aliphatic carbocycles. The van der Waals surface area contributed by atoms with Crippen LogP contribution in [0.3, 0.4) is 0 Å². The Kier molecular flexibility index (Phi) is 2.25. The van der Waals surface area contributed by atoms with Crippen molar-refractivity contribution in [3.63, 3.8) is 0 Å². The Morgan fingerprint density at radius 3 is 2.50 bits per heavy atom. The molecule has 1 heterocycles. The van der Waals surface area contributed by atoms with E-state index in [4.69, 9.17) is 11.6 Å². The zero-order chi connectivity index (χ0) is 10.2. The third-order valence-electron chi connectivity index (χ3n) is 2.71. The number of halogens is 1. The summed E-state index contributed by atoms with van der Waals surface area (Å²) >= 11 is 5.79. The van der Waals surface area contributed by atoms with Crippen LogP contribution >= 0.6 is 11.6 Å². The Labute approximate surface area is 88.4 Å². The van der Waals surface area contributed by atoms with Gasteiger partial charge in [0.15, 0.2) is 0 Å². The molecule has 3 heteroatoms. The van der Waals surface area contributed by atoms with Crippen molar-refractivity contribution in [1.29, 1.82) is 0 Å². The molecule has 0 amide bonds. The molecular weight excluding hydrogens is 198 g/mol. The maximum atomic E-state index is 11.6. The molecule has 14 heavy (non-hydrogen) atoms. The average molecular weight is 209 g/mol. The maximum absolute atomic E-state index is 11.6. The lowest BCUT2D eigenvalue weighted by Crippen LogP contribution is -2.32. The van der Waals surface area contributed by atoms with Crippen molar-refractivity contribution in [1.82, 2.24) is 5.06 Å². The monoisotopic (exact) mass is 208 g/mol. The van der Waals surface area contributed by atoms with Crippen molar-refractivity contribution in [3.05, 3.63) is 52.3 Å². The summed E-state index contributed by atoms with van der Waals surface area (Å²) in [5.74, 6) is 0. The lowest BCUT2D eigenvalue weighted by molar-refractivity contribution is 0.259. The van der Waals surface area contributed by atoms with Gasteiger partial charge in [-0.15, -0.1) is 0 Å². The zero-order valence-corrected chi connectivity index (χ0v) is 8.66. The Morgan fingerprint density at radius 2 is 2.00 bits per heavy atom. The first-order valence-electron chi connectivity index (χ1n) is 4.52. The topological polar surface area (TPSA) is 26.3 Å². The number of hydroxylamine groups is 2. The predicted octanol–water partition coefficient (Wildman–Crippen LogP) is 3.27. The molecule has 1 aliphatic heterocycles. The first-order chi connectivity index (χ1) is 6.63. The second-order valence-corrected chi connectivity index (χ2v) is 4.13. The molecule has 0 radical (unpaired) electrons. The van der Waals surface area contributed by atoms with Gasteiger partial charge in [-0.2, -0.15) is 0 Å². The molecule has 0 spiro atoms. The molecular formula is C11H11ClNO-. The number of benzene rings is 1. The summed E-state index contributed by atoms with van der Waals surface area (Å²) in [5, 5.41) is 13.3. The molecule has 1 unspecified atom stereocenters. The molecule has 0 aromatic heterocycles. The van der Waals surface area contributed by atoms with Gasteiger partial charge >= 0.3 is 0 Å². The molecule has 0 saturated carbocycles. The normalized spacial score (nSPS) is 25.8. The second kappa shape index (κ2) is 3.30. The van der Waals surface area contributed by atoms with Gasteiger partial charge in [0.05, 0.1) is 5.54 Å². The van der Waals surface area contributed by atoms with Gasteiger partial charge in [0, 0.05) is 5.02 Å². The highest BCUT2D eigenvalue weighted by Crippen LogP contribution is 2.36. The van der Waals surface area contributed by atoms with Crippen LogP contribution in [0, 0.1) is 5.21 Å². The lowest BCUT2D eigenvalue weighted by atomic mass is 9.90. The number of rotatable bonds is 1. The summed E-state index contributed by atoms with van der Waals surface area (Å²) in [7, 11) is 0. The Balaban J connectivity index is 2.35. The van der Waals surface area contributed by atoms with Crippen LogP contribution in [0.4, 0.5) is 0 Å². The van der Waals surface area contributed by atoms with Gasteiger partial charge in [-0.3, -0.25) is 0 Å². The average Bonchev–Trinajstić information content (AvgIpc) is 2.49. The first-order valence-corrected chi connectivity index (χ1v) is 4.90. The van der Waals surface area contributed by atoms with Crippen molar-refractivity contribution in [3.8, 4) is 0 Å². The SMILES string of the molecule is CC1(c2ccc(Cl)cc2)CC=CN1[O-]. The quantitative estimate of drug-likeness (QED) is 0.708. The highest BCUT2D eigenvalue weighted by Gasteiger charge is 2.28. The maximum Gasteiger partial charge on any atom is 0.0548 e. The van der Waals surface area contributed by atoms with Gasteiger partial charge in [-0.1, -0.05) is 29.8 Å². The molecule has 1 aromatic carbocycles. The summed E-state index contributed by atoms with van der Waals surface area (Å²) in [4.78, 5) is 0. The van der Waals surface area contributed by atoms with E-state index in [1.807, 2.05) is 37.3 Å². The van der Waals surface area contributed by atoms with Gasteiger partial charge in [-0.25, -0.2) is 0 Å². The molecule has 2 nitrogen and oxygen atoms in total. The van der Waals surface area contributed by atoms with Crippen molar-refractivity contribution >= 4 is 11.6 Å². The van der Waals surface area contributed by atoms with Gasteiger partial charge in [-0.05, 0) is 37.2 Å². The third-order valence-corrected chi connectivity index (χ3v) is 2.96. The van der Waals surface area contributed by atoms with E-state index in [9.17, 15) is 5.21 Å². The highest BCUT2D eigenvalue weighted by atomic mass is 35.5. The second-order valence-electron chi connectivity index (χ2n) is 3.70. The predicted molar refractivity (Wildman–Crippen MR) is 57.8 cm³/mol. The number of hydrogen-bond donors (Lipinski definition) is 0. The van der Waals surface area contributed by atoms with Crippen LogP contribution in [0.25, 0.3) is 0 Å². The fourth-order valence-electron chi connectivity index (χ4n) is 1.69. The van der Waals surface area contributed by atoms with Crippen molar-refractivity contribution in [2.45, 2.75) is 18.9 Å².